The Labute approximate surface area is 174 Å². The number of halogens is 1. The fraction of sp³-hybridized carbons (Fsp3) is 0.333. The SMILES string of the molecule is O=C(c1ccc2ncccc2c1)N1C[C@H]2C[C@@H](Oc3ccc(F)cc3)[C@H](O)C[C@H]2C1. The smallest absolute Gasteiger partial charge is 0.253 e. The van der Waals surface area contributed by atoms with Gasteiger partial charge in [0, 0.05) is 30.2 Å². The van der Waals surface area contributed by atoms with Gasteiger partial charge in [-0.2, -0.15) is 0 Å². The number of aromatic nitrogens is 1. The molecule has 1 aliphatic carbocycles. The Morgan fingerprint density at radius 1 is 1.07 bits per heavy atom. The lowest BCUT2D eigenvalue weighted by molar-refractivity contribution is -0.0231. The summed E-state index contributed by atoms with van der Waals surface area (Å²) in [5, 5.41) is 11.5. The van der Waals surface area contributed by atoms with Gasteiger partial charge in [-0.25, -0.2) is 4.39 Å². The highest BCUT2D eigenvalue weighted by Gasteiger charge is 2.44. The third-order valence-corrected chi connectivity index (χ3v) is 6.32. The highest BCUT2D eigenvalue weighted by molar-refractivity contribution is 5.98. The second-order valence-electron chi connectivity index (χ2n) is 8.29. The molecule has 2 aromatic carbocycles. The predicted molar refractivity (Wildman–Crippen MR) is 111 cm³/mol. The number of carbonyl (C=O) groups is 1. The molecule has 1 N–H and O–H groups in total. The van der Waals surface area contributed by atoms with Crippen molar-refractivity contribution in [2.45, 2.75) is 25.0 Å². The average Bonchev–Trinajstić information content (AvgIpc) is 3.17. The van der Waals surface area contributed by atoms with E-state index in [0.29, 0.717) is 37.2 Å². The van der Waals surface area contributed by atoms with Crippen molar-refractivity contribution in [3.8, 4) is 5.75 Å². The molecule has 1 aromatic heterocycles. The van der Waals surface area contributed by atoms with Crippen LogP contribution in [0, 0.1) is 17.7 Å². The van der Waals surface area contributed by atoms with E-state index in [-0.39, 0.29) is 29.7 Å². The van der Waals surface area contributed by atoms with Crippen molar-refractivity contribution in [1.82, 2.24) is 9.88 Å². The summed E-state index contributed by atoms with van der Waals surface area (Å²) in [6.45, 7) is 1.31. The Balaban J connectivity index is 1.28. The van der Waals surface area contributed by atoms with E-state index in [2.05, 4.69) is 4.98 Å². The minimum atomic E-state index is -0.599. The van der Waals surface area contributed by atoms with E-state index in [1.54, 1.807) is 18.3 Å². The molecule has 0 unspecified atom stereocenters. The van der Waals surface area contributed by atoms with Crippen LogP contribution in [-0.4, -0.2) is 46.2 Å². The Hall–Kier alpha value is -2.99. The summed E-state index contributed by atoms with van der Waals surface area (Å²) < 4.78 is 19.0. The zero-order valence-electron chi connectivity index (χ0n) is 16.4. The normalized spacial score (nSPS) is 25.9. The number of nitrogens with zero attached hydrogens (tertiary/aromatic N) is 2. The van der Waals surface area contributed by atoms with Crippen molar-refractivity contribution in [2.24, 2.45) is 11.8 Å². The van der Waals surface area contributed by atoms with Crippen molar-refractivity contribution in [3.05, 3.63) is 72.2 Å². The summed E-state index contributed by atoms with van der Waals surface area (Å²) in [6.07, 6.45) is 2.07. The van der Waals surface area contributed by atoms with Gasteiger partial charge in [-0.15, -0.1) is 0 Å². The maximum Gasteiger partial charge on any atom is 0.253 e. The molecule has 0 radical (unpaired) electrons. The third kappa shape index (κ3) is 3.63. The molecule has 5 nitrogen and oxygen atoms in total. The maximum absolute atomic E-state index is 13.1. The molecule has 30 heavy (non-hydrogen) atoms. The van der Waals surface area contributed by atoms with Crippen LogP contribution in [0.3, 0.4) is 0 Å². The fourth-order valence-electron chi connectivity index (χ4n) is 4.76. The van der Waals surface area contributed by atoms with Crippen LogP contribution in [0.5, 0.6) is 5.75 Å². The number of fused-ring (bicyclic) bond motifs is 2. The maximum atomic E-state index is 13.1. The molecule has 0 bridgehead atoms. The molecule has 6 heteroatoms. The summed E-state index contributed by atoms with van der Waals surface area (Å²) in [5.74, 6) is 0.792. The van der Waals surface area contributed by atoms with Crippen molar-refractivity contribution < 1.29 is 19.0 Å². The summed E-state index contributed by atoms with van der Waals surface area (Å²) in [7, 11) is 0. The number of benzene rings is 2. The first kappa shape index (κ1) is 19.0. The van der Waals surface area contributed by atoms with E-state index in [1.807, 2.05) is 35.2 Å². The van der Waals surface area contributed by atoms with Gasteiger partial charge in [0.15, 0.2) is 0 Å². The van der Waals surface area contributed by atoms with Gasteiger partial charge >= 0.3 is 0 Å². The van der Waals surface area contributed by atoms with E-state index in [4.69, 9.17) is 4.74 Å². The first-order chi connectivity index (χ1) is 14.6. The van der Waals surface area contributed by atoms with Gasteiger partial charge in [-0.1, -0.05) is 6.07 Å². The van der Waals surface area contributed by atoms with Gasteiger partial charge in [0.2, 0.25) is 0 Å². The number of ether oxygens (including phenoxy) is 1. The zero-order chi connectivity index (χ0) is 20.7. The van der Waals surface area contributed by atoms with Gasteiger partial charge in [0.05, 0.1) is 11.6 Å². The number of rotatable bonds is 3. The number of hydrogen-bond donors (Lipinski definition) is 1. The van der Waals surface area contributed by atoms with Crippen molar-refractivity contribution >= 4 is 16.8 Å². The lowest BCUT2D eigenvalue weighted by Crippen LogP contribution is -2.42. The zero-order valence-corrected chi connectivity index (χ0v) is 16.4. The van der Waals surface area contributed by atoms with Crippen LogP contribution in [-0.2, 0) is 0 Å². The molecule has 154 valence electrons. The van der Waals surface area contributed by atoms with E-state index < -0.39 is 6.10 Å². The minimum absolute atomic E-state index is 0.0145. The van der Waals surface area contributed by atoms with Crippen LogP contribution in [0.15, 0.2) is 60.8 Å². The lowest BCUT2D eigenvalue weighted by Gasteiger charge is -2.35. The van der Waals surface area contributed by atoms with Gasteiger partial charge < -0.3 is 14.7 Å². The monoisotopic (exact) mass is 406 g/mol. The lowest BCUT2D eigenvalue weighted by atomic mass is 9.78. The van der Waals surface area contributed by atoms with Crippen LogP contribution in [0.25, 0.3) is 10.9 Å². The average molecular weight is 406 g/mol. The first-order valence-electron chi connectivity index (χ1n) is 10.3. The second-order valence-corrected chi connectivity index (χ2v) is 8.29. The highest BCUT2D eigenvalue weighted by Crippen LogP contribution is 2.38. The number of likely N-dealkylation sites (tertiary alicyclic amines) is 1. The van der Waals surface area contributed by atoms with Crippen molar-refractivity contribution in [3.63, 3.8) is 0 Å². The van der Waals surface area contributed by atoms with E-state index in [1.165, 1.54) is 12.1 Å². The third-order valence-electron chi connectivity index (χ3n) is 6.32. The predicted octanol–water partition coefficient (Wildman–Crippen LogP) is 3.66. The molecule has 1 aliphatic heterocycles. The molecule has 1 saturated carbocycles. The number of pyridine rings is 1. The summed E-state index contributed by atoms with van der Waals surface area (Å²) >= 11 is 0. The van der Waals surface area contributed by atoms with Gasteiger partial charge in [0.25, 0.3) is 5.91 Å². The van der Waals surface area contributed by atoms with Crippen LogP contribution >= 0.6 is 0 Å². The molecule has 5 rings (SSSR count). The number of carbonyl (C=O) groups excluding carboxylic acids is 1. The van der Waals surface area contributed by atoms with Crippen LogP contribution in [0.2, 0.25) is 0 Å². The first-order valence-corrected chi connectivity index (χ1v) is 10.3. The Morgan fingerprint density at radius 3 is 2.63 bits per heavy atom. The van der Waals surface area contributed by atoms with E-state index in [0.717, 1.165) is 10.9 Å². The molecule has 2 aliphatic rings. The molecule has 2 fully saturated rings. The standard InChI is InChI=1S/C24H23FN2O3/c25-19-4-6-20(7-5-19)30-23-12-18-14-27(13-17(18)11-22(23)28)24(29)16-3-8-21-15(10-16)2-1-9-26-21/h1-10,17-18,22-23,28H,11-14H2/t17-,18+,22+,23+/m0/s1. The van der Waals surface area contributed by atoms with E-state index in [9.17, 15) is 14.3 Å². The summed E-state index contributed by atoms with van der Waals surface area (Å²) in [5.41, 5.74) is 1.53. The number of amides is 1. The molecule has 2 heterocycles. The molecular formula is C24H23FN2O3. The van der Waals surface area contributed by atoms with Gasteiger partial charge in [-0.3, -0.25) is 9.78 Å². The van der Waals surface area contributed by atoms with Crippen LogP contribution < -0.4 is 4.74 Å². The molecule has 3 aromatic rings. The molecule has 0 spiro atoms. The second kappa shape index (κ2) is 7.69. The van der Waals surface area contributed by atoms with Gasteiger partial charge in [-0.05, 0) is 73.2 Å². The molecule has 1 saturated heterocycles. The Kier molecular flexibility index (Phi) is 4.87. The summed E-state index contributed by atoms with van der Waals surface area (Å²) in [6, 6.07) is 15.3. The topological polar surface area (TPSA) is 62.7 Å². The Morgan fingerprint density at radius 2 is 1.83 bits per heavy atom. The van der Waals surface area contributed by atoms with Crippen molar-refractivity contribution in [2.75, 3.05) is 13.1 Å². The molecule has 1 amide bonds. The minimum Gasteiger partial charge on any atom is -0.488 e. The fourth-order valence-corrected chi connectivity index (χ4v) is 4.76. The highest BCUT2D eigenvalue weighted by atomic mass is 19.1. The van der Waals surface area contributed by atoms with Crippen LogP contribution in [0.4, 0.5) is 4.39 Å². The van der Waals surface area contributed by atoms with Crippen molar-refractivity contribution in [1.29, 1.82) is 0 Å². The quantitative estimate of drug-likeness (QED) is 0.721. The van der Waals surface area contributed by atoms with Gasteiger partial charge in [0.1, 0.15) is 17.7 Å². The molecule has 4 atom stereocenters. The number of aliphatic hydroxyl groups excluding tert-OH is 1. The molecular weight excluding hydrogens is 383 g/mol. The number of aliphatic hydroxyl groups is 1. The van der Waals surface area contributed by atoms with E-state index >= 15 is 0 Å². The number of hydrogen-bond acceptors (Lipinski definition) is 4. The largest absolute Gasteiger partial charge is 0.488 e. The van der Waals surface area contributed by atoms with Crippen LogP contribution in [0.1, 0.15) is 23.2 Å². The Bertz CT molecular complexity index is 1070. The summed E-state index contributed by atoms with van der Waals surface area (Å²) in [4.78, 5) is 19.3.